The van der Waals surface area contributed by atoms with Crippen LogP contribution >= 0.6 is 11.8 Å². The van der Waals surface area contributed by atoms with Crippen molar-refractivity contribution in [2.24, 2.45) is 0 Å². The minimum atomic E-state index is -1.10. The number of carbonyl (C=O) groups is 2. The number of hydrogen-bond donors (Lipinski definition) is 2. The van der Waals surface area contributed by atoms with Crippen molar-refractivity contribution in [1.29, 1.82) is 0 Å². The van der Waals surface area contributed by atoms with E-state index in [1.54, 1.807) is 20.8 Å². The Balaban J connectivity index is 1.22. The SMILES string of the molecule is CC(C)(C)OC(=O)NC(CSCc1ccc(-c2ccc(-c3cccc4c3oc3ccccc34)nc2)cc1)C(=O)O. The maximum Gasteiger partial charge on any atom is 0.408 e. The van der Waals surface area contributed by atoms with Gasteiger partial charge in [-0.05, 0) is 50.1 Å². The number of aromatic nitrogens is 1. The van der Waals surface area contributed by atoms with E-state index in [2.05, 4.69) is 17.4 Å². The molecule has 3 aromatic carbocycles. The Kier molecular flexibility index (Phi) is 7.80. The highest BCUT2D eigenvalue weighted by molar-refractivity contribution is 7.98. The lowest BCUT2D eigenvalue weighted by molar-refractivity contribution is -0.138. The quantitative estimate of drug-likeness (QED) is 0.204. The van der Waals surface area contributed by atoms with E-state index in [0.717, 1.165) is 49.9 Å². The fraction of sp³-hybridized carbons (Fsp3) is 0.219. The average Bonchev–Trinajstić information content (AvgIpc) is 3.31. The number of benzene rings is 3. The van der Waals surface area contributed by atoms with Crippen LogP contribution in [-0.2, 0) is 15.3 Å². The summed E-state index contributed by atoms with van der Waals surface area (Å²) in [5, 5.41) is 14.1. The number of carboxylic acids is 1. The van der Waals surface area contributed by atoms with Gasteiger partial charge in [-0.3, -0.25) is 4.98 Å². The van der Waals surface area contributed by atoms with Crippen molar-refractivity contribution in [3.05, 3.63) is 90.6 Å². The second kappa shape index (κ2) is 11.4. The molecule has 2 heterocycles. The number of fused-ring (bicyclic) bond motifs is 3. The van der Waals surface area contributed by atoms with Crippen molar-refractivity contribution in [3.8, 4) is 22.4 Å². The second-order valence-electron chi connectivity index (χ2n) is 10.5. The standard InChI is InChI=1S/C32H30N2O5S/c1-32(2,3)39-31(37)34-27(30(35)36)19-40-18-20-11-13-21(14-12-20)22-15-16-26(33-17-22)25-9-6-8-24-23-7-4-5-10-28(23)38-29(24)25/h4-17,27H,18-19H2,1-3H3,(H,34,37)(H,35,36). The molecule has 7 nitrogen and oxygen atoms in total. The predicted molar refractivity (Wildman–Crippen MR) is 159 cm³/mol. The molecule has 204 valence electrons. The number of carbonyl (C=O) groups excluding carboxylic acids is 1. The molecular formula is C32H30N2O5S. The largest absolute Gasteiger partial charge is 0.480 e. The molecule has 0 saturated carbocycles. The molecule has 5 rings (SSSR count). The fourth-order valence-corrected chi connectivity index (χ4v) is 5.39. The summed E-state index contributed by atoms with van der Waals surface area (Å²) in [5.41, 5.74) is 5.87. The van der Waals surface area contributed by atoms with Crippen LogP contribution in [0.2, 0.25) is 0 Å². The molecule has 1 atom stereocenters. The molecule has 0 fully saturated rings. The van der Waals surface area contributed by atoms with Crippen LogP contribution < -0.4 is 5.32 Å². The number of ether oxygens (including phenoxy) is 1. The third-order valence-corrected chi connectivity index (χ3v) is 7.38. The van der Waals surface area contributed by atoms with Crippen LogP contribution in [0.5, 0.6) is 0 Å². The highest BCUT2D eigenvalue weighted by Gasteiger charge is 2.24. The minimum absolute atomic E-state index is 0.222. The number of furan rings is 1. The number of rotatable bonds is 8. The van der Waals surface area contributed by atoms with Gasteiger partial charge in [-0.25, -0.2) is 9.59 Å². The van der Waals surface area contributed by atoms with E-state index >= 15 is 0 Å². The van der Waals surface area contributed by atoms with Gasteiger partial charge in [-0.15, -0.1) is 0 Å². The van der Waals surface area contributed by atoms with Gasteiger partial charge in [0.1, 0.15) is 22.8 Å². The Labute approximate surface area is 236 Å². The van der Waals surface area contributed by atoms with Crippen molar-refractivity contribution < 1.29 is 23.8 Å². The number of para-hydroxylation sites is 2. The van der Waals surface area contributed by atoms with E-state index in [9.17, 15) is 14.7 Å². The molecule has 40 heavy (non-hydrogen) atoms. The predicted octanol–water partition coefficient (Wildman–Crippen LogP) is 7.53. The highest BCUT2D eigenvalue weighted by Crippen LogP contribution is 2.35. The van der Waals surface area contributed by atoms with Gasteiger partial charge in [0, 0.05) is 39.6 Å². The van der Waals surface area contributed by atoms with Crippen molar-refractivity contribution in [3.63, 3.8) is 0 Å². The molecule has 0 saturated heterocycles. The fourth-order valence-electron chi connectivity index (χ4n) is 4.39. The van der Waals surface area contributed by atoms with Crippen LogP contribution in [0.3, 0.4) is 0 Å². The minimum Gasteiger partial charge on any atom is -0.480 e. The zero-order valence-electron chi connectivity index (χ0n) is 22.5. The summed E-state index contributed by atoms with van der Waals surface area (Å²) in [6.45, 7) is 5.19. The van der Waals surface area contributed by atoms with E-state index < -0.39 is 23.7 Å². The normalized spacial score (nSPS) is 12.4. The van der Waals surface area contributed by atoms with Crippen molar-refractivity contribution in [2.45, 2.75) is 38.2 Å². The van der Waals surface area contributed by atoms with Crippen LogP contribution in [0.1, 0.15) is 26.3 Å². The van der Waals surface area contributed by atoms with Crippen molar-refractivity contribution >= 4 is 45.8 Å². The van der Waals surface area contributed by atoms with Gasteiger partial charge in [0.15, 0.2) is 0 Å². The monoisotopic (exact) mass is 554 g/mol. The summed E-state index contributed by atoms with van der Waals surface area (Å²) >= 11 is 1.43. The van der Waals surface area contributed by atoms with Crippen molar-refractivity contribution in [1.82, 2.24) is 10.3 Å². The zero-order valence-corrected chi connectivity index (χ0v) is 23.3. The van der Waals surface area contributed by atoms with Gasteiger partial charge in [-0.2, -0.15) is 11.8 Å². The first kappa shape index (κ1) is 27.3. The molecule has 2 N–H and O–H groups in total. The summed E-state index contributed by atoms with van der Waals surface area (Å²) in [6.07, 6.45) is 1.12. The van der Waals surface area contributed by atoms with Crippen LogP contribution in [0.25, 0.3) is 44.3 Å². The maximum atomic E-state index is 12.0. The molecule has 0 aliphatic heterocycles. The first-order valence-electron chi connectivity index (χ1n) is 12.9. The maximum absolute atomic E-state index is 12.0. The Morgan fingerprint density at radius 3 is 2.38 bits per heavy atom. The molecule has 0 bridgehead atoms. The van der Waals surface area contributed by atoms with Gasteiger partial charge >= 0.3 is 12.1 Å². The number of nitrogens with one attached hydrogen (secondary N) is 1. The molecule has 0 radical (unpaired) electrons. The van der Waals surface area contributed by atoms with Crippen LogP contribution in [0, 0.1) is 0 Å². The number of pyridine rings is 1. The second-order valence-corrected chi connectivity index (χ2v) is 11.5. The highest BCUT2D eigenvalue weighted by atomic mass is 32.2. The molecule has 1 unspecified atom stereocenters. The summed E-state index contributed by atoms with van der Waals surface area (Å²) in [7, 11) is 0. The summed E-state index contributed by atoms with van der Waals surface area (Å²) in [5.74, 6) is -0.264. The number of aliphatic carboxylic acids is 1. The van der Waals surface area contributed by atoms with Crippen LogP contribution in [0.4, 0.5) is 4.79 Å². The number of amides is 1. The Bertz CT molecular complexity index is 1650. The van der Waals surface area contributed by atoms with E-state index in [4.69, 9.17) is 14.1 Å². The summed E-state index contributed by atoms with van der Waals surface area (Å²) < 4.78 is 11.3. The number of carboxylic acid groups (broad SMARTS) is 1. The third kappa shape index (κ3) is 6.29. The van der Waals surface area contributed by atoms with E-state index in [0.29, 0.717) is 5.75 Å². The van der Waals surface area contributed by atoms with Gasteiger partial charge in [0.2, 0.25) is 0 Å². The number of nitrogens with zero attached hydrogens (tertiary/aromatic N) is 1. The lowest BCUT2D eigenvalue weighted by atomic mass is 10.0. The van der Waals surface area contributed by atoms with E-state index in [1.165, 1.54) is 11.8 Å². The first-order chi connectivity index (χ1) is 19.2. The van der Waals surface area contributed by atoms with Gasteiger partial charge < -0.3 is 19.6 Å². The van der Waals surface area contributed by atoms with Crippen molar-refractivity contribution in [2.75, 3.05) is 5.75 Å². The molecular weight excluding hydrogens is 524 g/mol. The lowest BCUT2D eigenvalue weighted by Gasteiger charge is -2.21. The molecule has 2 aromatic heterocycles. The Morgan fingerprint density at radius 2 is 1.68 bits per heavy atom. The van der Waals surface area contributed by atoms with Crippen LogP contribution in [-0.4, -0.2) is 39.5 Å². The molecule has 0 aliphatic rings. The van der Waals surface area contributed by atoms with Gasteiger partial charge in [0.25, 0.3) is 0 Å². The number of alkyl carbamates (subject to hydrolysis) is 1. The topological polar surface area (TPSA) is 102 Å². The average molecular weight is 555 g/mol. The van der Waals surface area contributed by atoms with Gasteiger partial charge in [-0.1, -0.05) is 60.7 Å². The molecule has 5 aromatic rings. The molecule has 0 spiro atoms. The van der Waals surface area contributed by atoms with E-state index in [-0.39, 0.29) is 5.75 Å². The Morgan fingerprint density at radius 1 is 0.950 bits per heavy atom. The van der Waals surface area contributed by atoms with Gasteiger partial charge in [0.05, 0.1) is 5.69 Å². The Hall–Kier alpha value is -4.30. The lowest BCUT2D eigenvalue weighted by Crippen LogP contribution is -2.44. The first-order valence-corrected chi connectivity index (χ1v) is 14.1. The zero-order chi connectivity index (χ0) is 28.3. The smallest absolute Gasteiger partial charge is 0.408 e. The number of thioether (sulfide) groups is 1. The molecule has 8 heteroatoms. The van der Waals surface area contributed by atoms with E-state index in [1.807, 2.05) is 72.9 Å². The summed E-state index contributed by atoms with van der Waals surface area (Å²) in [4.78, 5) is 28.3. The summed E-state index contributed by atoms with van der Waals surface area (Å²) in [6, 6.07) is 25.2. The molecule has 1 amide bonds. The number of hydrogen-bond acceptors (Lipinski definition) is 6. The molecule has 0 aliphatic carbocycles. The third-order valence-electron chi connectivity index (χ3n) is 6.27. The van der Waals surface area contributed by atoms with Crippen LogP contribution in [0.15, 0.2) is 89.5 Å².